The van der Waals surface area contributed by atoms with Gasteiger partial charge in [-0.15, -0.1) is 0 Å². The van der Waals surface area contributed by atoms with Gasteiger partial charge in [-0.25, -0.2) is 9.59 Å². The summed E-state index contributed by atoms with van der Waals surface area (Å²) in [6.45, 7) is 2.60. The Hall–Kier alpha value is -3.12. The van der Waals surface area contributed by atoms with Crippen LogP contribution < -0.4 is 0 Å². The van der Waals surface area contributed by atoms with Crippen LogP contribution in [0.3, 0.4) is 0 Å². The highest BCUT2D eigenvalue weighted by Gasteiger charge is 2.34. The van der Waals surface area contributed by atoms with Crippen LogP contribution in [0.1, 0.15) is 43.0 Å². The Bertz CT molecular complexity index is 851. The van der Waals surface area contributed by atoms with Gasteiger partial charge in [0.1, 0.15) is 11.8 Å². The Morgan fingerprint density at radius 1 is 0.903 bits per heavy atom. The molecule has 0 aliphatic rings. The number of unbranched alkanes of at least 4 members (excludes halogenated alkanes) is 1. The number of hydrogen-bond acceptors (Lipinski definition) is 6. The number of esters is 2. The molecule has 0 bridgehead atoms. The number of nitrogens with zero attached hydrogens (tertiary/aromatic N) is 1. The van der Waals surface area contributed by atoms with Crippen molar-refractivity contribution in [3.05, 3.63) is 83.6 Å². The Labute approximate surface area is 184 Å². The van der Waals surface area contributed by atoms with Gasteiger partial charge >= 0.3 is 11.9 Å². The van der Waals surface area contributed by atoms with E-state index in [4.69, 9.17) is 14.2 Å². The Balaban J connectivity index is 2.69. The first-order valence-corrected chi connectivity index (χ1v) is 10.3. The van der Waals surface area contributed by atoms with Crippen molar-refractivity contribution in [2.45, 2.75) is 31.9 Å². The Morgan fingerprint density at radius 3 is 1.97 bits per heavy atom. The van der Waals surface area contributed by atoms with E-state index in [0.717, 1.165) is 24.0 Å². The monoisotopic (exact) mass is 425 g/mol. The SMILES string of the molecule is CCCCN(/C(=C/C(=O)OC)C(=O)OC)C(c1ccccc1)C(OC)c1ccccc1. The maximum absolute atomic E-state index is 12.8. The topological polar surface area (TPSA) is 65.1 Å². The summed E-state index contributed by atoms with van der Waals surface area (Å²) in [5.74, 6) is -1.23. The molecule has 6 heteroatoms. The van der Waals surface area contributed by atoms with Crippen molar-refractivity contribution in [1.82, 2.24) is 4.90 Å². The molecule has 0 saturated heterocycles. The first-order valence-electron chi connectivity index (χ1n) is 10.3. The molecule has 0 aliphatic carbocycles. The van der Waals surface area contributed by atoms with Gasteiger partial charge in [0.15, 0.2) is 0 Å². The minimum atomic E-state index is -0.623. The third-order valence-corrected chi connectivity index (χ3v) is 5.06. The van der Waals surface area contributed by atoms with Gasteiger partial charge in [-0.2, -0.15) is 0 Å². The fourth-order valence-corrected chi connectivity index (χ4v) is 3.53. The lowest BCUT2D eigenvalue weighted by molar-refractivity contribution is -0.141. The number of methoxy groups -OCH3 is 3. The minimum absolute atomic E-state index is 0.134. The van der Waals surface area contributed by atoms with Crippen molar-refractivity contribution in [2.24, 2.45) is 0 Å². The lowest BCUT2D eigenvalue weighted by atomic mass is 9.93. The van der Waals surface area contributed by atoms with E-state index in [0.29, 0.717) is 6.54 Å². The quantitative estimate of drug-likeness (QED) is 0.392. The van der Waals surface area contributed by atoms with E-state index in [-0.39, 0.29) is 11.7 Å². The number of hydrogen-bond donors (Lipinski definition) is 0. The summed E-state index contributed by atoms with van der Waals surface area (Å²) >= 11 is 0. The molecular weight excluding hydrogens is 394 g/mol. The van der Waals surface area contributed by atoms with Gasteiger partial charge in [-0.1, -0.05) is 74.0 Å². The summed E-state index contributed by atoms with van der Waals surface area (Å²) in [7, 11) is 4.22. The van der Waals surface area contributed by atoms with Gasteiger partial charge in [0.05, 0.1) is 26.3 Å². The van der Waals surface area contributed by atoms with Crippen LogP contribution in [0.2, 0.25) is 0 Å². The summed E-state index contributed by atoms with van der Waals surface area (Å²) in [4.78, 5) is 26.8. The molecule has 0 spiro atoms. The van der Waals surface area contributed by atoms with Crippen LogP contribution in [-0.4, -0.2) is 44.7 Å². The molecule has 166 valence electrons. The standard InChI is InChI=1S/C25H31NO5/c1-5-6-17-26(21(25(28)31-4)18-22(27)29-2)23(19-13-9-7-10-14-19)24(30-3)20-15-11-8-12-16-20/h7-16,18,23-24H,5-6,17H2,1-4H3/b21-18+. The zero-order valence-electron chi connectivity index (χ0n) is 18.6. The molecule has 0 amide bonds. The van der Waals surface area contributed by atoms with Crippen LogP contribution in [0.4, 0.5) is 0 Å². The van der Waals surface area contributed by atoms with Gasteiger partial charge < -0.3 is 19.1 Å². The molecule has 2 rings (SSSR count). The normalized spacial score (nSPS) is 13.2. The summed E-state index contributed by atoms with van der Waals surface area (Å²) in [5, 5.41) is 0. The van der Waals surface area contributed by atoms with E-state index in [1.165, 1.54) is 20.3 Å². The summed E-state index contributed by atoms with van der Waals surface area (Å²) < 4.78 is 15.8. The fraction of sp³-hybridized carbons (Fsp3) is 0.360. The molecule has 0 aliphatic heterocycles. The molecule has 0 saturated carbocycles. The number of benzene rings is 2. The highest BCUT2D eigenvalue weighted by molar-refractivity contribution is 5.95. The summed E-state index contributed by atoms with van der Waals surface area (Å²) in [5.41, 5.74) is 2.05. The van der Waals surface area contributed by atoms with E-state index in [1.54, 1.807) is 7.11 Å². The maximum Gasteiger partial charge on any atom is 0.354 e. The van der Waals surface area contributed by atoms with Crippen molar-refractivity contribution in [2.75, 3.05) is 27.9 Å². The van der Waals surface area contributed by atoms with E-state index >= 15 is 0 Å². The highest BCUT2D eigenvalue weighted by atomic mass is 16.5. The number of carbonyl (C=O) groups excluding carboxylic acids is 2. The van der Waals surface area contributed by atoms with Crippen LogP contribution >= 0.6 is 0 Å². The van der Waals surface area contributed by atoms with Crippen molar-refractivity contribution in [3.8, 4) is 0 Å². The Morgan fingerprint density at radius 2 is 1.48 bits per heavy atom. The second-order valence-corrected chi connectivity index (χ2v) is 7.01. The molecule has 2 aromatic rings. The lowest BCUT2D eigenvalue weighted by Crippen LogP contribution is -2.37. The van der Waals surface area contributed by atoms with E-state index < -0.39 is 18.0 Å². The molecule has 2 aromatic carbocycles. The first kappa shape index (κ1) is 24.2. The molecule has 0 N–H and O–H groups in total. The molecule has 0 fully saturated rings. The summed E-state index contributed by atoms with van der Waals surface area (Å²) in [6, 6.07) is 19.3. The molecule has 0 heterocycles. The fourth-order valence-electron chi connectivity index (χ4n) is 3.53. The molecular formula is C25H31NO5. The summed E-state index contributed by atoms with van der Waals surface area (Å²) in [6.07, 6.45) is 2.51. The van der Waals surface area contributed by atoms with Gasteiger partial charge in [0.25, 0.3) is 0 Å². The molecule has 0 aromatic heterocycles. The van der Waals surface area contributed by atoms with Crippen LogP contribution in [0.25, 0.3) is 0 Å². The number of rotatable bonds is 11. The van der Waals surface area contributed by atoms with Crippen molar-refractivity contribution >= 4 is 11.9 Å². The number of ether oxygens (including phenoxy) is 3. The smallest absolute Gasteiger partial charge is 0.354 e. The Kier molecular flexibility index (Phi) is 9.78. The van der Waals surface area contributed by atoms with Gasteiger partial charge in [0, 0.05) is 13.7 Å². The van der Waals surface area contributed by atoms with Gasteiger partial charge in [0.2, 0.25) is 0 Å². The predicted molar refractivity (Wildman–Crippen MR) is 119 cm³/mol. The highest BCUT2D eigenvalue weighted by Crippen LogP contribution is 2.39. The van der Waals surface area contributed by atoms with Crippen molar-refractivity contribution < 1.29 is 23.8 Å². The lowest BCUT2D eigenvalue weighted by Gasteiger charge is -2.39. The van der Waals surface area contributed by atoms with Gasteiger partial charge in [-0.3, -0.25) is 0 Å². The van der Waals surface area contributed by atoms with Crippen molar-refractivity contribution in [1.29, 1.82) is 0 Å². The van der Waals surface area contributed by atoms with E-state index in [1.807, 2.05) is 65.6 Å². The zero-order valence-corrected chi connectivity index (χ0v) is 18.6. The van der Waals surface area contributed by atoms with E-state index in [9.17, 15) is 9.59 Å². The average Bonchev–Trinajstić information content (AvgIpc) is 2.83. The second kappa shape index (κ2) is 12.5. The van der Waals surface area contributed by atoms with Crippen LogP contribution in [-0.2, 0) is 23.8 Å². The largest absolute Gasteiger partial charge is 0.466 e. The van der Waals surface area contributed by atoms with Crippen molar-refractivity contribution in [3.63, 3.8) is 0 Å². The number of carbonyl (C=O) groups is 2. The van der Waals surface area contributed by atoms with Crippen LogP contribution in [0.15, 0.2) is 72.4 Å². The van der Waals surface area contributed by atoms with E-state index in [2.05, 4.69) is 6.92 Å². The third kappa shape index (κ3) is 6.43. The zero-order chi connectivity index (χ0) is 22.6. The average molecular weight is 426 g/mol. The molecule has 6 nitrogen and oxygen atoms in total. The van der Waals surface area contributed by atoms with Crippen LogP contribution in [0.5, 0.6) is 0 Å². The third-order valence-electron chi connectivity index (χ3n) is 5.06. The maximum atomic E-state index is 12.8. The first-order chi connectivity index (χ1) is 15.1. The minimum Gasteiger partial charge on any atom is -0.466 e. The predicted octanol–water partition coefficient (Wildman–Crippen LogP) is 4.45. The van der Waals surface area contributed by atoms with Gasteiger partial charge in [-0.05, 0) is 17.5 Å². The molecule has 31 heavy (non-hydrogen) atoms. The van der Waals surface area contributed by atoms with Crippen LogP contribution in [0, 0.1) is 0 Å². The molecule has 2 unspecified atom stereocenters. The second-order valence-electron chi connectivity index (χ2n) is 7.01. The molecule has 2 atom stereocenters. The molecule has 0 radical (unpaired) electrons.